The Kier molecular flexibility index (Phi) is 3.08. The molecular formula is C19H12FN5O. The van der Waals surface area contributed by atoms with Crippen molar-refractivity contribution < 1.29 is 4.39 Å². The number of H-pyrrole nitrogens is 2. The van der Waals surface area contributed by atoms with Gasteiger partial charge in [-0.25, -0.2) is 14.4 Å². The van der Waals surface area contributed by atoms with Crippen LogP contribution in [0.15, 0.2) is 53.7 Å². The summed E-state index contributed by atoms with van der Waals surface area (Å²) in [5, 5.41) is 7.51. The standard InChI is InChI=1S/C19H12FN5O/c20-11-3-4-12-13(7-11)16-14(9-22-25-19(16)26)18-17(12)23-15(24-18)6-10-2-1-5-21-8-10/h1-5,7-9,22H,6H2,(H,25,26). The van der Waals surface area contributed by atoms with E-state index in [1.165, 1.54) is 12.1 Å². The summed E-state index contributed by atoms with van der Waals surface area (Å²) in [6.07, 6.45) is 5.67. The molecule has 7 heteroatoms. The van der Waals surface area contributed by atoms with Crippen LogP contribution in [0.4, 0.5) is 4.39 Å². The fourth-order valence-electron chi connectivity index (χ4n) is 3.34. The molecule has 0 radical (unpaired) electrons. The molecule has 0 saturated heterocycles. The van der Waals surface area contributed by atoms with Crippen molar-refractivity contribution in [2.45, 2.75) is 6.42 Å². The van der Waals surface area contributed by atoms with Crippen LogP contribution in [0.2, 0.25) is 0 Å². The van der Waals surface area contributed by atoms with Gasteiger partial charge in [-0.2, -0.15) is 0 Å². The molecule has 2 aromatic carbocycles. The van der Waals surface area contributed by atoms with E-state index in [9.17, 15) is 9.18 Å². The number of fused-ring (bicyclic) bond motifs is 6. The molecule has 0 spiro atoms. The molecule has 26 heavy (non-hydrogen) atoms. The second kappa shape index (κ2) is 5.45. The van der Waals surface area contributed by atoms with Gasteiger partial charge < -0.3 is 5.10 Å². The molecule has 5 rings (SSSR count). The van der Waals surface area contributed by atoms with Crippen molar-refractivity contribution in [1.82, 2.24) is 25.1 Å². The fourth-order valence-corrected chi connectivity index (χ4v) is 3.34. The molecule has 126 valence electrons. The predicted octanol–water partition coefficient (Wildman–Crippen LogP) is 3.08. The second-order valence-electron chi connectivity index (χ2n) is 6.10. The van der Waals surface area contributed by atoms with Gasteiger partial charge in [0.15, 0.2) is 0 Å². The van der Waals surface area contributed by atoms with Crippen LogP contribution in [-0.4, -0.2) is 25.1 Å². The number of hydrogen-bond donors (Lipinski definition) is 2. The molecule has 5 aromatic rings. The Bertz CT molecular complexity index is 1340. The molecular weight excluding hydrogens is 333 g/mol. The number of rotatable bonds is 2. The lowest BCUT2D eigenvalue weighted by atomic mass is 10.0. The smallest absolute Gasteiger partial charge is 0.270 e. The number of hydrogen-bond acceptors (Lipinski definition) is 4. The van der Waals surface area contributed by atoms with Crippen LogP contribution in [-0.2, 0) is 6.42 Å². The van der Waals surface area contributed by atoms with Crippen molar-refractivity contribution in [3.05, 3.63) is 76.5 Å². The molecule has 0 aliphatic heterocycles. The summed E-state index contributed by atoms with van der Waals surface area (Å²) < 4.78 is 13.8. The van der Waals surface area contributed by atoms with E-state index >= 15 is 0 Å². The second-order valence-corrected chi connectivity index (χ2v) is 6.10. The van der Waals surface area contributed by atoms with E-state index in [0.717, 1.165) is 5.56 Å². The maximum Gasteiger partial charge on any atom is 0.270 e. The number of aromatic nitrogens is 5. The van der Waals surface area contributed by atoms with Crippen molar-refractivity contribution in [1.29, 1.82) is 0 Å². The SMILES string of the molecule is O=c1[nH][nH]cc2c3nc(Cc4cccnc4)nc3c3ccc(F)cc3c12. The molecule has 0 unspecified atom stereocenters. The van der Waals surface area contributed by atoms with Gasteiger partial charge in [-0.3, -0.25) is 14.9 Å². The van der Waals surface area contributed by atoms with Crippen molar-refractivity contribution >= 4 is 32.6 Å². The van der Waals surface area contributed by atoms with E-state index in [1.54, 1.807) is 24.7 Å². The van der Waals surface area contributed by atoms with E-state index in [1.807, 2.05) is 12.1 Å². The number of nitrogens with one attached hydrogen (secondary N) is 2. The number of halogens is 1. The highest BCUT2D eigenvalue weighted by atomic mass is 19.1. The van der Waals surface area contributed by atoms with Gasteiger partial charge in [-0.1, -0.05) is 6.07 Å². The van der Waals surface area contributed by atoms with Crippen molar-refractivity contribution in [3.63, 3.8) is 0 Å². The Morgan fingerprint density at radius 2 is 1.88 bits per heavy atom. The molecule has 0 amide bonds. The van der Waals surface area contributed by atoms with Gasteiger partial charge in [0.1, 0.15) is 17.2 Å². The van der Waals surface area contributed by atoms with Gasteiger partial charge >= 0.3 is 0 Å². The van der Waals surface area contributed by atoms with Gasteiger partial charge in [0, 0.05) is 41.2 Å². The minimum Gasteiger partial charge on any atom is -0.305 e. The minimum atomic E-state index is -0.402. The first kappa shape index (κ1) is 14.7. The highest BCUT2D eigenvalue weighted by Crippen LogP contribution is 2.32. The third kappa shape index (κ3) is 2.17. The third-order valence-electron chi connectivity index (χ3n) is 4.45. The van der Waals surface area contributed by atoms with Crippen LogP contribution in [0.1, 0.15) is 11.4 Å². The fraction of sp³-hybridized carbons (Fsp3) is 0.0526. The van der Waals surface area contributed by atoms with Crippen LogP contribution in [0.3, 0.4) is 0 Å². The first-order valence-electron chi connectivity index (χ1n) is 8.07. The lowest BCUT2D eigenvalue weighted by Gasteiger charge is -2.04. The average molecular weight is 345 g/mol. The van der Waals surface area contributed by atoms with Crippen molar-refractivity contribution in [2.24, 2.45) is 0 Å². The van der Waals surface area contributed by atoms with Crippen LogP contribution in [0, 0.1) is 5.82 Å². The molecule has 3 aromatic heterocycles. The third-order valence-corrected chi connectivity index (χ3v) is 4.45. The molecule has 2 N–H and O–H groups in total. The van der Waals surface area contributed by atoms with E-state index in [4.69, 9.17) is 0 Å². The molecule has 0 atom stereocenters. The highest BCUT2D eigenvalue weighted by molar-refractivity contribution is 6.22. The molecule has 0 fully saturated rings. The zero-order chi connectivity index (χ0) is 17.7. The molecule has 0 bridgehead atoms. The van der Waals surface area contributed by atoms with Crippen molar-refractivity contribution in [2.75, 3.05) is 0 Å². The van der Waals surface area contributed by atoms with Crippen LogP contribution < -0.4 is 5.56 Å². The lowest BCUT2D eigenvalue weighted by molar-refractivity contribution is 0.630. The van der Waals surface area contributed by atoms with E-state index in [-0.39, 0.29) is 5.56 Å². The van der Waals surface area contributed by atoms with Crippen molar-refractivity contribution in [3.8, 4) is 0 Å². The summed E-state index contributed by atoms with van der Waals surface area (Å²) in [5.41, 5.74) is 1.95. The van der Waals surface area contributed by atoms with Gasteiger partial charge in [-0.05, 0) is 29.8 Å². The van der Waals surface area contributed by atoms with Gasteiger partial charge in [0.05, 0.1) is 10.9 Å². The van der Waals surface area contributed by atoms with E-state index in [2.05, 4.69) is 25.1 Å². The van der Waals surface area contributed by atoms with Gasteiger partial charge in [0.25, 0.3) is 5.56 Å². The first-order valence-corrected chi connectivity index (χ1v) is 8.07. The Hall–Kier alpha value is -3.61. The summed E-state index contributed by atoms with van der Waals surface area (Å²) in [6, 6.07) is 8.19. The van der Waals surface area contributed by atoms with Crippen LogP contribution >= 0.6 is 0 Å². The number of benzene rings is 2. The van der Waals surface area contributed by atoms with Gasteiger partial charge in [0.2, 0.25) is 0 Å². The topological polar surface area (TPSA) is 87.3 Å². The van der Waals surface area contributed by atoms with Crippen LogP contribution in [0.25, 0.3) is 32.6 Å². The summed E-state index contributed by atoms with van der Waals surface area (Å²) in [6.45, 7) is 0. The average Bonchev–Trinajstić information content (AvgIpc) is 3.06. The zero-order valence-electron chi connectivity index (χ0n) is 13.5. The Morgan fingerprint density at radius 1 is 1.04 bits per heavy atom. The maximum absolute atomic E-state index is 13.8. The highest BCUT2D eigenvalue weighted by Gasteiger charge is 2.16. The molecule has 6 nitrogen and oxygen atoms in total. The molecule has 0 aliphatic rings. The lowest BCUT2D eigenvalue weighted by Crippen LogP contribution is -2.08. The number of imidazole rings is 1. The number of pyridine rings is 1. The summed E-state index contributed by atoms with van der Waals surface area (Å²) in [7, 11) is 0. The molecule has 0 saturated carbocycles. The van der Waals surface area contributed by atoms with Gasteiger partial charge in [-0.15, -0.1) is 0 Å². The summed E-state index contributed by atoms with van der Waals surface area (Å²) >= 11 is 0. The summed E-state index contributed by atoms with van der Waals surface area (Å²) in [5.74, 6) is 0.229. The first-order chi connectivity index (χ1) is 12.7. The quantitative estimate of drug-likeness (QED) is 0.481. The molecule has 3 heterocycles. The number of aromatic amines is 2. The largest absolute Gasteiger partial charge is 0.305 e. The summed E-state index contributed by atoms with van der Waals surface area (Å²) in [4.78, 5) is 25.8. The minimum absolute atomic E-state index is 0.322. The van der Waals surface area contributed by atoms with E-state index < -0.39 is 5.82 Å². The Morgan fingerprint density at radius 3 is 2.69 bits per heavy atom. The maximum atomic E-state index is 13.8. The Balaban J connectivity index is 1.87. The van der Waals surface area contributed by atoms with Crippen LogP contribution in [0.5, 0.6) is 0 Å². The van der Waals surface area contributed by atoms with E-state index in [0.29, 0.717) is 44.8 Å². The molecule has 0 aliphatic carbocycles. The number of nitrogens with zero attached hydrogens (tertiary/aromatic N) is 3. The zero-order valence-corrected chi connectivity index (χ0v) is 13.5. The Labute approximate surface area is 145 Å². The normalized spacial score (nSPS) is 11.6. The monoisotopic (exact) mass is 345 g/mol. The predicted molar refractivity (Wildman–Crippen MR) is 96.5 cm³/mol.